The minimum Gasteiger partial charge on any atom is -0.275 e. The first-order valence-electron chi connectivity index (χ1n) is 8.01. The minimum absolute atomic E-state index is 0.0331. The van der Waals surface area contributed by atoms with E-state index in [1.165, 1.54) is 10.9 Å². The molecule has 1 aromatic heterocycles. The van der Waals surface area contributed by atoms with Gasteiger partial charge in [-0.15, -0.1) is 0 Å². The van der Waals surface area contributed by atoms with Crippen LogP contribution in [-0.2, 0) is 0 Å². The molecule has 1 heterocycles. The van der Waals surface area contributed by atoms with Crippen LogP contribution >= 0.6 is 11.6 Å². The van der Waals surface area contributed by atoms with Crippen molar-refractivity contribution >= 4 is 29.6 Å². The second kappa shape index (κ2) is 8.27. The van der Waals surface area contributed by atoms with Gasteiger partial charge < -0.3 is 0 Å². The summed E-state index contributed by atoms with van der Waals surface area (Å²) in [7, 11) is 0. The molecule has 0 atom stereocenters. The topological polar surface area (TPSA) is 59.3 Å². The van der Waals surface area contributed by atoms with Crippen LogP contribution in [0.15, 0.2) is 82.3 Å². The summed E-state index contributed by atoms with van der Waals surface area (Å²) in [5, 5.41) is 8.30. The van der Waals surface area contributed by atoms with Crippen molar-refractivity contribution in [1.82, 2.24) is 9.78 Å². The number of rotatable bonds is 5. The van der Waals surface area contributed by atoms with E-state index in [0.29, 0.717) is 11.4 Å². The summed E-state index contributed by atoms with van der Waals surface area (Å²) in [6, 6.07) is 19.0. The zero-order valence-corrected chi connectivity index (χ0v) is 14.9. The number of hydrogen-bond acceptors (Lipinski definition) is 4. The molecule has 0 radical (unpaired) electrons. The van der Waals surface area contributed by atoms with Crippen molar-refractivity contribution in [1.29, 1.82) is 0 Å². The first-order valence-corrected chi connectivity index (χ1v) is 8.38. The number of allylic oxidation sites excluding steroid dienone is 1. The Bertz CT molecular complexity index is 995. The zero-order valence-electron chi connectivity index (χ0n) is 14.1. The van der Waals surface area contributed by atoms with E-state index >= 15 is 0 Å². The number of hydrogen-bond donors (Lipinski definition) is 1. The Kier molecular flexibility index (Phi) is 5.61. The highest BCUT2D eigenvalue weighted by Crippen LogP contribution is 2.16. The van der Waals surface area contributed by atoms with Gasteiger partial charge in [-0.3, -0.25) is 10.2 Å². The maximum absolute atomic E-state index is 12.4. The second-order valence-corrected chi connectivity index (χ2v) is 5.97. The largest absolute Gasteiger partial charge is 0.292 e. The summed E-state index contributed by atoms with van der Waals surface area (Å²) in [6.45, 7) is 1.94. The Morgan fingerprint density at radius 3 is 2.46 bits per heavy atom. The molecule has 26 heavy (non-hydrogen) atoms. The molecule has 0 saturated carbocycles. The number of nitrogens with zero attached hydrogens (tertiary/aromatic N) is 3. The fraction of sp³-hybridized carbons (Fsp3) is 0.0500. The summed E-state index contributed by atoms with van der Waals surface area (Å²) >= 11 is 6.17. The Morgan fingerprint density at radius 2 is 1.77 bits per heavy atom. The van der Waals surface area contributed by atoms with Gasteiger partial charge in [-0.2, -0.15) is 14.9 Å². The summed E-state index contributed by atoms with van der Waals surface area (Å²) in [6.07, 6.45) is 5.13. The number of aromatic nitrogens is 2. The van der Waals surface area contributed by atoms with Crippen molar-refractivity contribution in [2.75, 3.05) is 5.43 Å². The molecule has 0 unspecified atom stereocenters. The van der Waals surface area contributed by atoms with E-state index < -0.39 is 5.56 Å². The monoisotopic (exact) mass is 364 g/mol. The number of para-hydroxylation sites is 1. The molecule has 0 fully saturated rings. The van der Waals surface area contributed by atoms with Gasteiger partial charge in [0, 0.05) is 0 Å². The van der Waals surface area contributed by atoms with Gasteiger partial charge in [0.2, 0.25) is 0 Å². The molecule has 0 bridgehead atoms. The number of nitrogens with one attached hydrogen (secondary N) is 1. The van der Waals surface area contributed by atoms with Gasteiger partial charge in [-0.25, -0.2) is 0 Å². The average Bonchev–Trinajstić information content (AvgIpc) is 2.67. The maximum Gasteiger partial charge on any atom is 0.292 e. The van der Waals surface area contributed by atoms with Crippen LogP contribution in [0.2, 0.25) is 5.02 Å². The van der Waals surface area contributed by atoms with Gasteiger partial charge in [-0.05, 0) is 30.2 Å². The fourth-order valence-corrected chi connectivity index (χ4v) is 2.49. The molecule has 5 nitrogen and oxygen atoms in total. The fourth-order valence-electron chi connectivity index (χ4n) is 2.32. The van der Waals surface area contributed by atoms with Gasteiger partial charge >= 0.3 is 0 Å². The molecule has 0 saturated heterocycles. The van der Waals surface area contributed by atoms with Crippen molar-refractivity contribution in [3.05, 3.63) is 93.4 Å². The molecule has 0 aliphatic heterocycles. The predicted molar refractivity (Wildman–Crippen MR) is 107 cm³/mol. The summed E-state index contributed by atoms with van der Waals surface area (Å²) in [5.74, 6) is 0. The van der Waals surface area contributed by atoms with E-state index in [0.717, 1.165) is 11.1 Å². The average molecular weight is 365 g/mol. The molecule has 3 rings (SSSR count). The van der Waals surface area contributed by atoms with Gasteiger partial charge in [0.25, 0.3) is 5.56 Å². The molecule has 0 amide bonds. The van der Waals surface area contributed by atoms with E-state index in [9.17, 15) is 4.79 Å². The Morgan fingerprint density at radius 1 is 1.12 bits per heavy atom. The minimum atomic E-state index is -0.408. The molecule has 6 heteroatoms. The Balaban J connectivity index is 1.76. The highest BCUT2D eigenvalue weighted by molar-refractivity contribution is 6.32. The smallest absolute Gasteiger partial charge is 0.275 e. The molecule has 1 N–H and O–H groups in total. The molecule has 0 aliphatic carbocycles. The molecular weight excluding hydrogens is 348 g/mol. The van der Waals surface area contributed by atoms with Crippen LogP contribution in [0, 0.1) is 0 Å². The highest BCUT2D eigenvalue weighted by atomic mass is 35.5. The lowest BCUT2D eigenvalue weighted by Crippen LogP contribution is -2.22. The van der Waals surface area contributed by atoms with Crippen molar-refractivity contribution in [2.45, 2.75) is 6.92 Å². The standard InChI is InChI=1S/C20H17ClN4O/c1-15(12-16-8-4-2-5-9-16)13-22-24-18-14-23-25(20(26)19(18)21)17-10-6-3-7-11-17/h2-14,24H,1H3/b15-12?,22-13-. The van der Waals surface area contributed by atoms with E-state index in [1.807, 2.05) is 61.5 Å². The van der Waals surface area contributed by atoms with Crippen molar-refractivity contribution < 1.29 is 0 Å². The third-order valence-corrected chi connectivity index (χ3v) is 3.93. The van der Waals surface area contributed by atoms with Crippen molar-refractivity contribution in [3.8, 4) is 5.69 Å². The lowest BCUT2D eigenvalue weighted by atomic mass is 10.1. The summed E-state index contributed by atoms with van der Waals surface area (Å²) in [5.41, 5.74) is 5.40. The van der Waals surface area contributed by atoms with E-state index in [2.05, 4.69) is 15.6 Å². The van der Waals surface area contributed by atoms with Crippen LogP contribution < -0.4 is 11.0 Å². The summed E-state index contributed by atoms with van der Waals surface area (Å²) in [4.78, 5) is 12.4. The summed E-state index contributed by atoms with van der Waals surface area (Å²) < 4.78 is 1.25. The van der Waals surface area contributed by atoms with Gasteiger partial charge in [-0.1, -0.05) is 66.2 Å². The van der Waals surface area contributed by atoms with Gasteiger partial charge in [0.1, 0.15) is 10.7 Å². The van der Waals surface area contributed by atoms with Crippen LogP contribution in [-0.4, -0.2) is 16.0 Å². The molecule has 3 aromatic rings. The van der Waals surface area contributed by atoms with Crippen molar-refractivity contribution in [3.63, 3.8) is 0 Å². The first kappa shape index (κ1) is 17.6. The maximum atomic E-state index is 12.4. The van der Waals surface area contributed by atoms with E-state index in [4.69, 9.17) is 11.6 Å². The lowest BCUT2D eigenvalue weighted by molar-refractivity contribution is 0.808. The molecule has 0 spiro atoms. The molecule has 2 aromatic carbocycles. The number of benzene rings is 2. The lowest BCUT2D eigenvalue weighted by Gasteiger charge is -2.07. The molecule has 130 valence electrons. The molecular formula is C20H17ClN4O. The van der Waals surface area contributed by atoms with Crippen LogP contribution in [0.5, 0.6) is 0 Å². The van der Waals surface area contributed by atoms with Crippen LogP contribution in [0.25, 0.3) is 11.8 Å². The number of anilines is 1. The van der Waals surface area contributed by atoms with Crippen LogP contribution in [0.1, 0.15) is 12.5 Å². The second-order valence-electron chi connectivity index (χ2n) is 5.59. The number of hydrazone groups is 1. The highest BCUT2D eigenvalue weighted by Gasteiger charge is 2.09. The normalized spacial score (nSPS) is 11.7. The Hall–Kier alpha value is -3.18. The Labute approximate surface area is 156 Å². The van der Waals surface area contributed by atoms with Gasteiger partial charge in [0.15, 0.2) is 0 Å². The quantitative estimate of drug-likeness (QED) is 0.539. The number of halogens is 1. The van der Waals surface area contributed by atoms with E-state index in [-0.39, 0.29) is 5.02 Å². The van der Waals surface area contributed by atoms with Crippen molar-refractivity contribution in [2.24, 2.45) is 5.10 Å². The van der Waals surface area contributed by atoms with Crippen LogP contribution in [0.4, 0.5) is 5.69 Å². The third-order valence-electron chi connectivity index (χ3n) is 3.57. The van der Waals surface area contributed by atoms with Crippen LogP contribution in [0.3, 0.4) is 0 Å². The van der Waals surface area contributed by atoms with Gasteiger partial charge in [0.05, 0.1) is 18.1 Å². The SMILES string of the molecule is CC(=Cc1ccccc1)/C=N\Nc1cnn(-c2ccccc2)c(=O)c1Cl. The first-order chi connectivity index (χ1) is 12.6. The van der Waals surface area contributed by atoms with E-state index in [1.54, 1.807) is 18.3 Å². The third kappa shape index (κ3) is 4.26. The zero-order chi connectivity index (χ0) is 18.4. The molecule has 0 aliphatic rings. The predicted octanol–water partition coefficient (Wildman–Crippen LogP) is 4.39.